The molecule has 1 aliphatic carbocycles. The molecule has 0 heterocycles. The van der Waals surface area contributed by atoms with Crippen LogP contribution in [0.2, 0.25) is 0 Å². The van der Waals surface area contributed by atoms with Crippen LogP contribution >= 0.6 is 0 Å². The van der Waals surface area contributed by atoms with Gasteiger partial charge in [-0.2, -0.15) is 0 Å². The number of carbonyl (C=O) groups is 3. The van der Waals surface area contributed by atoms with E-state index in [-0.39, 0.29) is 19.1 Å². The fraction of sp³-hybridized carbons (Fsp3) is 0.400. The number of fused-ring (bicyclic) bond motifs is 3. The molecule has 0 aliphatic heterocycles. The van der Waals surface area contributed by atoms with Gasteiger partial charge in [0.2, 0.25) is 5.91 Å². The summed E-state index contributed by atoms with van der Waals surface area (Å²) in [6.45, 7) is 2.68. The van der Waals surface area contributed by atoms with Crippen molar-refractivity contribution >= 4 is 18.0 Å². The van der Waals surface area contributed by atoms with Gasteiger partial charge in [-0.25, -0.2) is 4.79 Å². The first kappa shape index (κ1) is 25.2. The van der Waals surface area contributed by atoms with Crippen LogP contribution in [0.15, 0.2) is 48.5 Å². The van der Waals surface area contributed by atoms with Crippen LogP contribution < -0.4 is 10.6 Å². The molecule has 0 spiro atoms. The van der Waals surface area contributed by atoms with E-state index in [1.165, 1.54) is 14.0 Å². The van der Waals surface area contributed by atoms with Crippen molar-refractivity contribution in [1.29, 1.82) is 0 Å². The van der Waals surface area contributed by atoms with E-state index in [1.54, 1.807) is 6.92 Å². The van der Waals surface area contributed by atoms with Gasteiger partial charge in [0.05, 0.1) is 18.1 Å². The molecule has 0 bridgehead atoms. The summed E-state index contributed by atoms with van der Waals surface area (Å²) in [5.74, 6) is -1.96. The molecule has 0 saturated carbocycles. The van der Waals surface area contributed by atoms with Crippen LogP contribution in [-0.4, -0.2) is 66.2 Å². The molecule has 0 fully saturated rings. The van der Waals surface area contributed by atoms with Gasteiger partial charge in [-0.3, -0.25) is 9.59 Å². The molecular weight excluding hydrogens is 440 g/mol. The van der Waals surface area contributed by atoms with Crippen molar-refractivity contribution < 1.29 is 34.1 Å². The molecule has 3 atom stereocenters. The topological polar surface area (TPSA) is 134 Å². The molecule has 0 saturated heterocycles. The van der Waals surface area contributed by atoms with Gasteiger partial charge in [-0.15, -0.1) is 0 Å². The molecule has 3 rings (SSSR count). The molecule has 0 radical (unpaired) electrons. The molecular formula is C25H30N2O7. The summed E-state index contributed by atoms with van der Waals surface area (Å²) in [6.07, 6.45) is -2.04. The minimum absolute atomic E-state index is 0.0862. The van der Waals surface area contributed by atoms with Gasteiger partial charge in [0, 0.05) is 19.6 Å². The predicted molar refractivity (Wildman–Crippen MR) is 124 cm³/mol. The number of methoxy groups -OCH3 is 1. The summed E-state index contributed by atoms with van der Waals surface area (Å²) < 4.78 is 10.7. The number of carbonyl (C=O) groups excluding carboxylic acids is 2. The number of ether oxygens (including phenoxy) is 2. The highest BCUT2D eigenvalue weighted by molar-refractivity contribution is 5.86. The van der Waals surface area contributed by atoms with Crippen molar-refractivity contribution in [2.45, 2.75) is 43.9 Å². The lowest BCUT2D eigenvalue weighted by atomic mass is 9.98. The van der Waals surface area contributed by atoms with Gasteiger partial charge in [-0.05, 0) is 36.1 Å². The van der Waals surface area contributed by atoms with E-state index in [0.717, 1.165) is 22.3 Å². The monoisotopic (exact) mass is 470 g/mol. The van der Waals surface area contributed by atoms with Crippen molar-refractivity contribution in [3.8, 4) is 11.1 Å². The fourth-order valence-electron chi connectivity index (χ4n) is 4.07. The Morgan fingerprint density at radius 3 is 2.15 bits per heavy atom. The normalized spacial score (nSPS) is 15.9. The number of benzene rings is 2. The minimum Gasteiger partial charge on any atom is -0.481 e. The smallest absolute Gasteiger partial charge is 0.407 e. The van der Waals surface area contributed by atoms with E-state index >= 15 is 0 Å². The Bertz CT molecular complexity index is 1010. The lowest BCUT2D eigenvalue weighted by Crippen LogP contribution is -2.55. The molecule has 2 aromatic rings. The molecule has 4 N–H and O–H groups in total. The number of nitrogens with one attached hydrogen (secondary N) is 2. The minimum atomic E-state index is -1.65. The number of rotatable bonds is 10. The van der Waals surface area contributed by atoms with Crippen LogP contribution in [0.3, 0.4) is 0 Å². The molecule has 1 aliphatic rings. The molecule has 182 valence electrons. The van der Waals surface area contributed by atoms with Crippen LogP contribution in [-0.2, 0) is 19.1 Å². The highest BCUT2D eigenvalue weighted by atomic mass is 16.5. The van der Waals surface area contributed by atoms with E-state index in [9.17, 15) is 19.5 Å². The maximum atomic E-state index is 12.7. The molecule has 9 heteroatoms. The maximum absolute atomic E-state index is 12.7. The third-order valence-electron chi connectivity index (χ3n) is 5.92. The number of amides is 2. The average molecular weight is 471 g/mol. The third-order valence-corrected chi connectivity index (χ3v) is 5.92. The number of alkyl carbamates (subject to hydrolysis) is 1. The summed E-state index contributed by atoms with van der Waals surface area (Å²) in [5.41, 5.74) is 2.69. The second-order valence-electron chi connectivity index (χ2n) is 8.67. The zero-order chi connectivity index (χ0) is 24.9. The fourth-order valence-corrected chi connectivity index (χ4v) is 4.07. The van der Waals surface area contributed by atoms with Crippen molar-refractivity contribution in [2.75, 3.05) is 20.3 Å². The van der Waals surface area contributed by atoms with E-state index < -0.39 is 42.1 Å². The number of carboxylic acids is 1. The number of carboxylic acid groups (broad SMARTS) is 1. The number of aliphatic carboxylic acids is 1. The summed E-state index contributed by atoms with van der Waals surface area (Å²) >= 11 is 0. The summed E-state index contributed by atoms with van der Waals surface area (Å²) in [6, 6.07) is 14.8. The Morgan fingerprint density at radius 2 is 1.62 bits per heavy atom. The number of aliphatic hydroxyl groups is 1. The summed E-state index contributed by atoms with van der Waals surface area (Å²) in [7, 11) is 1.39. The van der Waals surface area contributed by atoms with Gasteiger partial charge in [0.15, 0.2) is 0 Å². The SMILES string of the molecule is COC(C)C(NC(=O)OCC1c2ccccc2-c2ccccc21)C(=O)NCC(C)(O)CC(=O)O. The molecule has 2 amide bonds. The standard InChI is InChI=1S/C25H30N2O7/c1-15(33-3)22(23(30)26-14-25(2,32)12-21(28)29)27-24(31)34-13-20-18-10-6-4-8-16(18)17-9-5-7-11-19(17)20/h4-11,15,20,22,32H,12-14H2,1-3H3,(H,26,30)(H,27,31)(H,28,29). The second-order valence-corrected chi connectivity index (χ2v) is 8.67. The first-order chi connectivity index (χ1) is 16.1. The van der Waals surface area contributed by atoms with Gasteiger partial charge >= 0.3 is 12.1 Å². The van der Waals surface area contributed by atoms with Crippen LogP contribution in [0.25, 0.3) is 11.1 Å². The molecule has 3 unspecified atom stereocenters. The Kier molecular flexibility index (Phi) is 7.90. The van der Waals surface area contributed by atoms with Gasteiger partial charge in [0.1, 0.15) is 12.6 Å². The lowest BCUT2D eigenvalue weighted by molar-refractivity contribution is -0.142. The Labute approximate surface area is 198 Å². The highest BCUT2D eigenvalue weighted by Crippen LogP contribution is 2.44. The largest absolute Gasteiger partial charge is 0.481 e. The second kappa shape index (κ2) is 10.7. The highest BCUT2D eigenvalue weighted by Gasteiger charge is 2.32. The average Bonchev–Trinajstić information content (AvgIpc) is 3.12. The third kappa shape index (κ3) is 5.92. The first-order valence-electron chi connectivity index (χ1n) is 11.0. The van der Waals surface area contributed by atoms with Crippen molar-refractivity contribution in [3.63, 3.8) is 0 Å². The van der Waals surface area contributed by atoms with Crippen molar-refractivity contribution in [1.82, 2.24) is 10.6 Å². The van der Waals surface area contributed by atoms with Crippen LogP contribution in [0.1, 0.15) is 37.3 Å². The van der Waals surface area contributed by atoms with Crippen LogP contribution in [0.4, 0.5) is 4.79 Å². The van der Waals surface area contributed by atoms with Crippen molar-refractivity contribution in [3.05, 3.63) is 59.7 Å². The summed E-state index contributed by atoms with van der Waals surface area (Å²) in [4.78, 5) is 36.2. The molecule has 0 aromatic heterocycles. The first-order valence-corrected chi connectivity index (χ1v) is 11.0. The quantitative estimate of drug-likeness (QED) is 0.418. The Balaban J connectivity index is 1.63. The van der Waals surface area contributed by atoms with Crippen LogP contribution in [0, 0.1) is 0 Å². The lowest BCUT2D eigenvalue weighted by Gasteiger charge is -2.26. The van der Waals surface area contributed by atoms with Crippen LogP contribution in [0.5, 0.6) is 0 Å². The Hall–Kier alpha value is -3.43. The molecule has 9 nitrogen and oxygen atoms in total. The number of hydrogen-bond donors (Lipinski definition) is 4. The van der Waals surface area contributed by atoms with E-state index in [0.29, 0.717) is 0 Å². The Morgan fingerprint density at radius 1 is 1.06 bits per heavy atom. The van der Waals surface area contributed by atoms with Gasteiger partial charge < -0.3 is 30.3 Å². The summed E-state index contributed by atoms with van der Waals surface area (Å²) in [5, 5.41) is 24.0. The molecule has 2 aromatic carbocycles. The van der Waals surface area contributed by atoms with E-state index in [4.69, 9.17) is 14.6 Å². The maximum Gasteiger partial charge on any atom is 0.407 e. The van der Waals surface area contributed by atoms with E-state index in [1.807, 2.05) is 48.5 Å². The predicted octanol–water partition coefficient (Wildman–Crippen LogP) is 2.27. The van der Waals surface area contributed by atoms with Crippen molar-refractivity contribution in [2.24, 2.45) is 0 Å². The van der Waals surface area contributed by atoms with Gasteiger partial charge in [-0.1, -0.05) is 48.5 Å². The number of hydrogen-bond acceptors (Lipinski definition) is 6. The zero-order valence-electron chi connectivity index (χ0n) is 19.4. The van der Waals surface area contributed by atoms with Gasteiger partial charge in [0.25, 0.3) is 0 Å². The zero-order valence-corrected chi connectivity index (χ0v) is 19.4. The van der Waals surface area contributed by atoms with E-state index in [2.05, 4.69) is 10.6 Å². The molecule has 34 heavy (non-hydrogen) atoms.